The average Bonchev–Trinajstić information content (AvgIpc) is 2.04. The van der Waals surface area contributed by atoms with Crippen molar-refractivity contribution in [2.75, 3.05) is 7.11 Å². The lowest BCUT2D eigenvalue weighted by Gasteiger charge is -2.01. The summed E-state index contributed by atoms with van der Waals surface area (Å²) < 4.78 is 5.77. The van der Waals surface area contributed by atoms with Gasteiger partial charge in [-0.05, 0) is 21.5 Å². The zero-order valence-electron chi connectivity index (χ0n) is 5.97. The van der Waals surface area contributed by atoms with E-state index < -0.39 is 0 Å². The Morgan fingerprint density at radius 1 is 1.55 bits per heavy atom. The maximum atomic E-state index is 4.94. The van der Waals surface area contributed by atoms with Crippen LogP contribution in [-0.4, -0.2) is 12.1 Å². The number of nitrogens with zero attached hydrogens (tertiary/aromatic N) is 1. The van der Waals surface area contributed by atoms with Gasteiger partial charge in [-0.2, -0.15) is 0 Å². The molecule has 0 N–H and O–H groups in total. The zero-order chi connectivity index (χ0) is 8.27. The fraction of sp³-hybridized carbons (Fsp3) is 0.286. The van der Waals surface area contributed by atoms with Crippen LogP contribution in [0.15, 0.2) is 16.7 Å². The van der Waals surface area contributed by atoms with E-state index in [2.05, 4.69) is 36.8 Å². The molecule has 0 bridgehead atoms. The molecule has 11 heavy (non-hydrogen) atoms. The molecule has 4 heteroatoms. The third-order valence-electron chi connectivity index (χ3n) is 1.25. The van der Waals surface area contributed by atoms with E-state index in [0.29, 0.717) is 5.88 Å². The van der Waals surface area contributed by atoms with Crippen LogP contribution in [0.4, 0.5) is 0 Å². The van der Waals surface area contributed by atoms with E-state index >= 15 is 0 Å². The summed E-state index contributed by atoms with van der Waals surface area (Å²) in [4.78, 5) is 4.13. The molecule has 1 aromatic rings. The van der Waals surface area contributed by atoms with E-state index in [1.165, 1.54) is 0 Å². The lowest BCUT2D eigenvalue weighted by molar-refractivity contribution is 0.397. The van der Waals surface area contributed by atoms with Crippen LogP contribution in [0, 0.1) is 0 Å². The largest absolute Gasteiger partial charge is 0.481 e. The molecule has 0 saturated heterocycles. The fourth-order valence-corrected chi connectivity index (χ4v) is 1.94. The molecule has 1 heterocycles. The number of hydrogen-bond donors (Lipinski definition) is 0. The van der Waals surface area contributed by atoms with Crippen LogP contribution in [0.25, 0.3) is 0 Å². The predicted octanol–water partition coefficient (Wildman–Crippen LogP) is 2.75. The van der Waals surface area contributed by atoms with Gasteiger partial charge in [0.05, 0.1) is 7.11 Å². The van der Waals surface area contributed by atoms with Gasteiger partial charge >= 0.3 is 0 Å². The van der Waals surface area contributed by atoms with Crippen LogP contribution in [-0.2, 0) is 5.33 Å². The highest BCUT2D eigenvalue weighted by Crippen LogP contribution is 2.19. The van der Waals surface area contributed by atoms with E-state index in [-0.39, 0.29) is 0 Å². The molecule has 1 aromatic heterocycles. The van der Waals surface area contributed by atoms with Crippen molar-refractivity contribution in [3.8, 4) is 5.88 Å². The lowest BCUT2D eigenvalue weighted by atomic mass is 10.3. The number of rotatable bonds is 2. The first kappa shape index (κ1) is 9.00. The van der Waals surface area contributed by atoms with Gasteiger partial charge < -0.3 is 4.74 Å². The van der Waals surface area contributed by atoms with Gasteiger partial charge in [0.25, 0.3) is 0 Å². The Morgan fingerprint density at radius 3 is 2.73 bits per heavy atom. The van der Waals surface area contributed by atoms with Gasteiger partial charge in [0.15, 0.2) is 0 Å². The molecule has 0 radical (unpaired) electrons. The molecule has 2 nitrogen and oxygen atoms in total. The van der Waals surface area contributed by atoms with Crippen LogP contribution in [0.2, 0.25) is 0 Å². The first-order valence-electron chi connectivity index (χ1n) is 3.03. The molecule has 0 aromatic carbocycles. The minimum atomic E-state index is 0.626. The summed E-state index contributed by atoms with van der Waals surface area (Å²) in [5, 5.41) is 0.796. The van der Waals surface area contributed by atoms with Crippen molar-refractivity contribution in [1.29, 1.82) is 0 Å². The second-order valence-corrected chi connectivity index (χ2v) is 3.25. The minimum Gasteiger partial charge on any atom is -0.481 e. The normalized spacial score (nSPS) is 9.73. The predicted molar refractivity (Wildman–Crippen MR) is 51.1 cm³/mol. The number of pyridine rings is 1. The number of halogens is 2. The molecule has 0 amide bonds. The van der Waals surface area contributed by atoms with Crippen LogP contribution in [0.3, 0.4) is 0 Å². The summed E-state index contributed by atoms with van der Waals surface area (Å²) in [5.74, 6) is 0.626. The molecule has 0 aliphatic rings. The fourth-order valence-electron chi connectivity index (χ4n) is 0.660. The number of alkyl halides is 1. The van der Waals surface area contributed by atoms with Crippen molar-refractivity contribution in [3.63, 3.8) is 0 Å². The Morgan fingerprint density at radius 2 is 2.27 bits per heavy atom. The number of ether oxygens (including phenoxy) is 1. The van der Waals surface area contributed by atoms with E-state index in [4.69, 9.17) is 4.74 Å². The monoisotopic (exact) mass is 279 g/mol. The quantitative estimate of drug-likeness (QED) is 0.614. The molecular weight excluding hydrogens is 274 g/mol. The Labute approximate surface area is 82.2 Å². The third kappa shape index (κ3) is 2.17. The summed E-state index contributed by atoms with van der Waals surface area (Å²) in [6.07, 6.45) is 0. The number of aromatic nitrogens is 1. The highest BCUT2D eigenvalue weighted by Gasteiger charge is 2.00. The van der Waals surface area contributed by atoms with Crippen LogP contribution < -0.4 is 4.74 Å². The van der Waals surface area contributed by atoms with Crippen molar-refractivity contribution in [1.82, 2.24) is 4.98 Å². The molecule has 0 saturated carbocycles. The molecule has 0 unspecified atom stereocenters. The summed E-state index contributed by atoms with van der Waals surface area (Å²) >= 11 is 6.67. The highest BCUT2D eigenvalue weighted by molar-refractivity contribution is 9.10. The second kappa shape index (κ2) is 4.07. The third-order valence-corrected chi connectivity index (χ3v) is 2.54. The molecule has 0 aliphatic heterocycles. The van der Waals surface area contributed by atoms with Crippen LogP contribution in [0.1, 0.15) is 5.56 Å². The average molecular weight is 281 g/mol. The second-order valence-electron chi connectivity index (χ2n) is 1.94. The van der Waals surface area contributed by atoms with Gasteiger partial charge in [-0.3, -0.25) is 0 Å². The van der Waals surface area contributed by atoms with Crippen molar-refractivity contribution in [2.45, 2.75) is 5.33 Å². The van der Waals surface area contributed by atoms with Gasteiger partial charge in [0, 0.05) is 11.4 Å². The highest BCUT2D eigenvalue weighted by atomic mass is 79.9. The van der Waals surface area contributed by atoms with Crippen molar-refractivity contribution in [2.24, 2.45) is 0 Å². The summed E-state index contributed by atoms with van der Waals surface area (Å²) in [6.45, 7) is 0. The summed E-state index contributed by atoms with van der Waals surface area (Å²) in [6, 6.07) is 3.80. The van der Waals surface area contributed by atoms with Crippen LogP contribution >= 0.6 is 31.9 Å². The van der Waals surface area contributed by atoms with Gasteiger partial charge in [0.1, 0.15) is 4.60 Å². The molecule has 60 valence electrons. The maximum absolute atomic E-state index is 4.94. The summed E-state index contributed by atoms with van der Waals surface area (Å²) in [5.41, 5.74) is 1.12. The van der Waals surface area contributed by atoms with Crippen molar-refractivity contribution >= 4 is 31.9 Å². The smallest absolute Gasteiger partial charge is 0.214 e. The number of hydrogen-bond acceptors (Lipinski definition) is 2. The zero-order valence-corrected chi connectivity index (χ0v) is 9.15. The van der Waals surface area contributed by atoms with Crippen molar-refractivity contribution in [3.05, 3.63) is 22.3 Å². The molecule has 0 fully saturated rings. The maximum Gasteiger partial charge on any atom is 0.214 e. The molecule has 0 atom stereocenters. The SMILES string of the molecule is COc1ccc(CBr)c(Br)n1. The van der Waals surface area contributed by atoms with Gasteiger partial charge in [-0.1, -0.05) is 22.0 Å². The molecule has 0 spiro atoms. The van der Waals surface area contributed by atoms with Gasteiger partial charge in [-0.25, -0.2) is 4.98 Å². The Kier molecular flexibility index (Phi) is 3.33. The van der Waals surface area contributed by atoms with E-state index in [0.717, 1.165) is 15.5 Å². The number of methoxy groups -OCH3 is 1. The first-order valence-corrected chi connectivity index (χ1v) is 4.94. The van der Waals surface area contributed by atoms with E-state index in [1.54, 1.807) is 7.11 Å². The lowest BCUT2D eigenvalue weighted by Crippen LogP contribution is -1.90. The molecule has 0 aliphatic carbocycles. The van der Waals surface area contributed by atoms with E-state index in [9.17, 15) is 0 Å². The standard InChI is InChI=1S/C7H7Br2NO/c1-11-6-3-2-5(4-8)7(9)10-6/h2-3H,4H2,1H3. The molecule has 1 rings (SSSR count). The topological polar surface area (TPSA) is 22.1 Å². The van der Waals surface area contributed by atoms with E-state index in [1.807, 2.05) is 12.1 Å². The minimum absolute atomic E-state index is 0.626. The Bertz CT molecular complexity index is 252. The van der Waals surface area contributed by atoms with Gasteiger partial charge in [0.2, 0.25) is 5.88 Å². The Hall–Kier alpha value is -0.0900. The van der Waals surface area contributed by atoms with Crippen molar-refractivity contribution < 1.29 is 4.74 Å². The molecular formula is C7H7Br2NO. The Balaban J connectivity index is 2.99. The first-order chi connectivity index (χ1) is 5.27. The van der Waals surface area contributed by atoms with Gasteiger partial charge in [-0.15, -0.1) is 0 Å². The van der Waals surface area contributed by atoms with Crippen LogP contribution in [0.5, 0.6) is 5.88 Å². The summed E-state index contributed by atoms with van der Waals surface area (Å²) in [7, 11) is 1.60.